The highest BCUT2D eigenvalue weighted by Gasteiger charge is 2.35. The number of halogens is 1. The van der Waals surface area contributed by atoms with Gasteiger partial charge in [-0.05, 0) is 45.8 Å². The van der Waals surface area contributed by atoms with Crippen LogP contribution >= 0.6 is 23.4 Å². The number of benzene rings is 3. The lowest BCUT2D eigenvalue weighted by Gasteiger charge is -2.14. The molecule has 1 saturated heterocycles. The lowest BCUT2D eigenvalue weighted by atomic mass is 10.0. The molecule has 0 spiro atoms. The quantitative estimate of drug-likeness (QED) is 0.474. The van der Waals surface area contributed by atoms with Crippen LogP contribution in [0.1, 0.15) is 11.1 Å². The van der Waals surface area contributed by atoms with E-state index in [9.17, 15) is 9.59 Å². The summed E-state index contributed by atoms with van der Waals surface area (Å²) in [7, 11) is 3.04. The summed E-state index contributed by atoms with van der Waals surface area (Å²) in [6.45, 7) is 0.211. The molecule has 0 unspecified atom stereocenters. The molecule has 1 heterocycles. The smallest absolute Gasteiger partial charge is 0.293 e. The van der Waals surface area contributed by atoms with Gasteiger partial charge in [0.1, 0.15) is 0 Å². The van der Waals surface area contributed by atoms with Gasteiger partial charge in [0.05, 0.1) is 30.7 Å². The van der Waals surface area contributed by atoms with Crippen molar-refractivity contribution in [1.82, 2.24) is 4.90 Å². The van der Waals surface area contributed by atoms with E-state index >= 15 is 0 Å². The Morgan fingerprint density at radius 3 is 2.47 bits per heavy atom. The zero-order valence-corrected chi connectivity index (χ0v) is 17.9. The predicted molar refractivity (Wildman–Crippen MR) is 120 cm³/mol. The lowest BCUT2D eigenvalue weighted by Crippen LogP contribution is -2.27. The van der Waals surface area contributed by atoms with Gasteiger partial charge in [-0.3, -0.25) is 14.5 Å². The summed E-state index contributed by atoms with van der Waals surface area (Å²) in [6.07, 6.45) is 1.61. The fourth-order valence-corrected chi connectivity index (χ4v) is 4.40. The second-order valence-corrected chi connectivity index (χ2v) is 8.04. The van der Waals surface area contributed by atoms with E-state index in [4.69, 9.17) is 21.1 Å². The number of amides is 2. The minimum atomic E-state index is -0.344. The number of rotatable bonds is 5. The molecule has 1 aliphatic rings. The van der Waals surface area contributed by atoms with E-state index in [1.807, 2.05) is 42.5 Å². The molecule has 0 bridgehead atoms. The van der Waals surface area contributed by atoms with E-state index in [-0.39, 0.29) is 17.7 Å². The molecule has 0 N–H and O–H groups in total. The first-order valence-electron chi connectivity index (χ1n) is 9.15. The fraction of sp³-hybridized carbons (Fsp3) is 0.130. The number of carbonyl (C=O) groups is 2. The molecule has 0 saturated carbocycles. The highest BCUT2D eigenvalue weighted by atomic mass is 35.5. The first kappa shape index (κ1) is 20.3. The number of thioether (sulfide) groups is 1. The van der Waals surface area contributed by atoms with Gasteiger partial charge in [-0.15, -0.1) is 0 Å². The van der Waals surface area contributed by atoms with E-state index in [1.54, 1.807) is 18.2 Å². The SMILES string of the molecule is COc1cc(Cl)c(/C=C2/SC(=O)N(Cc3cccc4ccccc34)C2=O)cc1OC. The molecule has 7 heteroatoms. The van der Waals surface area contributed by atoms with Crippen LogP contribution in [0.4, 0.5) is 4.79 Å². The highest BCUT2D eigenvalue weighted by molar-refractivity contribution is 8.18. The van der Waals surface area contributed by atoms with Crippen LogP contribution in [0.2, 0.25) is 5.02 Å². The van der Waals surface area contributed by atoms with E-state index in [2.05, 4.69) is 0 Å². The number of ether oxygens (including phenoxy) is 2. The summed E-state index contributed by atoms with van der Waals surface area (Å²) >= 11 is 7.23. The lowest BCUT2D eigenvalue weighted by molar-refractivity contribution is -0.123. The first-order chi connectivity index (χ1) is 14.5. The summed E-state index contributed by atoms with van der Waals surface area (Å²) < 4.78 is 10.5. The van der Waals surface area contributed by atoms with Crippen molar-refractivity contribution < 1.29 is 19.1 Å². The van der Waals surface area contributed by atoms with Crippen LogP contribution in [0.3, 0.4) is 0 Å². The Balaban J connectivity index is 1.65. The Morgan fingerprint density at radius 1 is 1.00 bits per heavy atom. The predicted octanol–water partition coefficient (Wildman–Crippen LogP) is 5.75. The number of carbonyl (C=O) groups excluding carboxylic acids is 2. The van der Waals surface area contributed by atoms with Gasteiger partial charge >= 0.3 is 0 Å². The molecule has 5 nitrogen and oxygen atoms in total. The number of methoxy groups -OCH3 is 2. The van der Waals surface area contributed by atoms with Crippen molar-refractivity contribution in [2.75, 3.05) is 14.2 Å². The Hall–Kier alpha value is -2.96. The molecule has 0 radical (unpaired) electrons. The normalized spacial score (nSPS) is 15.3. The molecule has 2 amide bonds. The second-order valence-electron chi connectivity index (χ2n) is 6.63. The summed E-state index contributed by atoms with van der Waals surface area (Å²) in [5, 5.41) is 2.17. The van der Waals surface area contributed by atoms with Gasteiger partial charge in [-0.2, -0.15) is 0 Å². The van der Waals surface area contributed by atoms with Gasteiger partial charge in [0.25, 0.3) is 11.1 Å². The van der Waals surface area contributed by atoms with Crippen molar-refractivity contribution in [1.29, 1.82) is 0 Å². The van der Waals surface area contributed by atoms with Gasteiger partial charge in [0.15, 0.2) is 11.5 Å². The Morgan fingerprint density at radius 2 is 1.70 bits per heavy atom. The van der Waals surface area contributed by atoms with Crippen LogP contribution in [-0.2, 0) is 11.3 Å². The fourth-order valence-electron chi connectivity index (χ4n) is 3.36. The topological polar surface area (TPSA) is 55.8 Å². The molecule has 152 valence electrons. The van der Waals surface area contributed by atoms with Crippen LogP contribution in [0.15, 0.2) is 59.5 Å². The summed E-state index contributed by atoms with van der Waals surface area (Å²) in [4.78, 5) is 27.1. The van der Waals surface area contributed by atoms with Gasteiger partial charge in [0.2, 0.25) is 0 Å². The van der Waals surface area contributed by atoms with Crippen LogP contribution in [-0.4, -0.2) is 30.3 Å². The van der Waals surface area contributed by atoms with Gasteiger partial charge < -0.3 is 9.47 Å². The first-order valence-corrected chi connectivity index (χ1v) is 10.3. The third kappa shape index (κ3) is 3.76. The molecule has 3 aromatic carbocycles. The molecule has 1 aliphatic heterocycles. The highest BCUT2D eigenvalue weighted by Crippen LogP contribution is 2.38. The van der Waals surface area contributed by atoms with Crippen molar-refractivity contribution in [3.63, 3.8) is 0 Å². The van der Waals surface area contributed by atoms with Crippen LogP contribution in [0.25, 0.3) is 16.8 Å². The third-order valence-corrected chi connectivity index (χ3v) is 6.11. The second kappa shape index (κ2) is 8.42. The number of imide groups is 1. The molecule has 0 atom stereocenters. The number of nitrogens with zero attached hydrogens (tertiary/aromatic N) is 1. The average molecular weight is 440 g/mol. The number of hydrogen-bond donors (Lipinski definition) is 0. The van der Waals surface area contributed by atoms with Crippen LogP contribution < -0.4 is 9.47 Å². The molecule has 0 aromatic heterocycles. The minimum Gasteiger partial charge on any atom is -0.493 e. The molecule has 4 rings (SSSR count). The van der Waals surface area contributed by atoms with Crippen molar-refractivity contribution in [2.45, 2.75) is 6.54 Å². The maximum absolute atomic E-state index is 13.0. The maximum atomic E-state index is 13.0. The van der Waals surface area contributed by atoms with Gasteiger partial charge in [0, 0.05) is 6.07 Å². The van der Waals surface area contributed by atoms with Crippen molar-refractivity contribution in [3.8, 4) is 11.5 Å². The largest absolute Gasteiger partial charge is 0.493 e. The third-order valence-electron chi connectivity index (χ3n) is 4.87. The van der Waals surface area contributed by atoms with Crippen molar-refractivity contribution in [3.05, 3.63) is 75.7 Å². The van der Waals surface area contributed by atoms with Gasteiger partial charge in [-0.1, -0.05) is 54.1 Å². The monoisotopic (exact) mass is 439 g/mol. The maximum Gasteiger partial charge on any atom is 0.293 e. The van der Waals surface area contributed by atoms with E-state index in [0.717, 1.165) is 28.1 Å². The van der Waals surface area contributed by atoms with E-state index in [1.165, 1.54) is 19.1 Å². The zero-order valence-electron chi connectivity index (χ0n) is 16.3. The standard InChI is InChI=1S/C23H18ClNO4S/c1-28-19-10-16(18(24)12-20(19)29-2)11-21-22(26)25(23(27)30-21)13-15-8-5-7-14-6-3-4-9-17(14)15/h3-12H,13H2,1-2H3/b21-11+. The Bertz CT molecular complexity index is 1190. The van der Waals surface area contributed by atoms with Crippen molar-refractivity contribution in [2.24, 2.45) is 0 Å². The Labute approximate surface area is 183 Å². The average Bonchev–Trinajstić information content (AvgIpc) is 3.02. The zero-order chi connectivity index (χ0) is 21.3. The summed E-state index contributed by atoms with van der Waals surface area (Å²) in [6, 6.07) is 17.1. The Kier molecular flexibility index (Phi) is 5.70. The van der Waals surface area contributed by atoms with Crippen LogP contribution in [0.5, 0.6) is 11.5 Å². The van der Waals surface area contributed by atoms with Crippen LogP contribution in [0, 0.1) is 0 Å². The summed E-state index contributed by atoms with van der Waals surface area (Å²) in [5.74, 6) is 0.635. The molecule has 30 heavy (non-hydrogen) atoms. The molecular formula is C23H18ClNO4S. The molecular weight excluding hydrogens is 422 g/mol. The number of hydrogen-bond acceptors (Lipinski definition) is 5. The molecule has 1 fully saturated rings. The molecule has 0 aliphatic carbocycles. The van der Waals surface area contributed by atoms with Crippen molar-refractivity contribution >= 4 is 51.4 Å². The summed E-state index contributed by atoms with van der Waals surface area (Å²) in [5.41, 5.74) is 1.49. The minimum absolute atomic E-state index is 0.211. The number of fused-ring (bicyclic) bond motifs is 1. The van der Waals surface area contributed by atoms with Gasteiger partial charge in [-0.25, -0.2) is 0 Å². The molecule has 3 aromatic rings. The van der Waals surface area contributed by atoms with E-state index in [0.29, 0.717) is 27.0 Å². The van der Waals surface area contributed by atoms with E-state index < -0.39 is 0 Å².